The summed E-state index contributed by atoms with van der Waals surface area (Å²) in [6.45, 7) is 2.02. The van der Waals surface area contributed by atoms with Crippen LogP contribution in [0, 0.1) is 12.3 Å². The largest absolute Gasteiger partial charge is 0.465 e. The van der Waals surface area contributed by atoms with E-state index in [1.54, 1.807) is 9.80 Å². The molecule has 2 fully saturated rings. The first-order chi connectivity index (χ1) is 7.63. The second kappa shape index (κ2) is 3.93. The number of hydrogen-bond donors (Lipinski definition) is 1. The number of carbonyl (C=O) groups excluding carboxylic acids is 1. The number of piperazine rings is 1. The van der Waals surface area contributed by atoms with Crippen molar-refractivity contribution in [3.05, 3.63) is 0 Å². The van der Waals surface area contributed by atoms with E-state index in [0.29, 0.717) is 32.7 Å². The van der Waals surface area contributed by atoms with Crippen LogP contribution in [0.2, 0.25) is 0 Å². The van der Waals surface area contributed by atoms with Gasteiger partial charge in [0.05, 0.1) is 12.6 Å². The van der Waals surface area contributed by atoms with Gasteiger partial charge >= 0.3 is 12.1 Å². The predicted octanol–water partition coefficient (Wildman–Crippen LogP) is -0.281. The third-order valence-electron chi connectivity index (χ3n) is 2.98. The Morgan fingerprint density at radius 1 is 1.50 bits per heavy atom. The van der Waals surface area contributed by atoms with Gasteiger partial charge in [-0.05, 0) is 0 Å². The number of carbonyl (C=O) groups is 2. The van der Waals surface area contributed by atoms with E-state index in [0.717, 1.165) is 0 Å². The van der Waals surface area contributed by atoms with Gasteiger partial charge in [0, 0.05) is 26.2 Å². The van der Waals surface area contributed by atoms with E-state index in [1.807, 2.05) is 0 Å². The van der Waals surface area contributed by atoms with E-state index in [-0.39, 0.29) is 12.1 Å². The number of fused-ring (bicyclic) bond motifs is 1. The summed E-state index contributed by atoms with van der Waals surface area (Å²) in [6.07, 6.45) is 4.24. The molecular weight excluding hydrogens is 210 g/mol. The maximum Gasteiger partial charge on any atom is 0.407 e. The number of amides is 3. The average Bonchev–Trinajstić information content (AvgIpc) is 2.56. The zero-order valence-electron chi connectivity index (χ0n) is 8.80. The van der Waals surface area contributed by atoms with Gasteiger partial charge in [0.2, 0.25) is 0 Å². The minimum absolute atomic E-state index is 0.0503. The molecule has 2 saturated heterocycles. The molecule has 6 heteroatoms. The summed E-state index contributed by atoms with van der Waals surface area (Å²) in [5, 5.41) is 8.87. The zero-order valence-corrected chi connectivity index (χ0v) is 8.80. The highest BCUT2D eigenvalue weighted by Crippen LogP contribution is 2.20. The molecule has 1 N–H and O–H groups in total. The number of urea groups is 1. The van der Waals surface area contributed by atoms with Crippen molar-refractivity contribution in [2.24, 2.45) is 0 Å². The van der Waals surface area contributed by atoms with Crippen molar-refractivity contribution >= 4 is 12.1 Å². The smallest absolute Gasteiger partial charge is 0.407 e. The Morgan fingerprint density at radius 3 is 2.88 bits per heavy atom. The van der Waals surface area contributed by atoms with Gasteiger partial charge in [-0.3, -0.25) is 0 Å². The third kappa shape index (κ3) is 1.65. The SMILES string of the molecule is C#CCN1C[C@@H]2CN(C(=O)O)CCN2C1=O. The Kier molecular flexibility index (Phi) is 2.60. The normalized spacial score (nSPS) is 24.3. The summed E-state index contributed by atoms with van der Waals surface area (Å²) >= 11 is 0. The van der Waals surface area contributed by atoms with Crippen LogP contribution in [0.5, 0.6) is 0 Å². The number of nitrogens with zero attached hydrogens (tertiary/aromatic N) is 3. The molecule has 0 aromatic heterocycles. The van der Waals surface area contributed by atoms with Gasteiger partial charge in [0.25, 0.3) is 0 Å². The standard InChI is InChI=1S/C10H13N3O3/c1-2-3-11-6-8-7-12(10(15)16)4-5-13(8)9(11)14/h1,8H,3-7H2,(H,15,16)/t8-/m1/s1. The third-order valence-corrected chi connectivity index (χ3v) is 2.98. The molecule has 0 radical (unpaired) electrons. The lowest BCUT2D eigenvalue weighted by molar-refractivity contribution is 0.0996. The minimum Gasteiger partial charge on any atom is -0.465 e. The van der Waals surface area contributed by atoms with Crippen LogP contribution in [0.25, 0.3) is 0 Å². The van der Waals surface area contributed by atoms with Crippen molar-refractivity contribution in [2.45, 2.75) is 6.04 Å². The molecule has 2 aliphatic heterocycles. The molecule has 86 valence electrons. The molecule has 0 bridgehead atoms. The molecule has 0 aromatic carbocycles. The first-order valence-corrected chi connectivity index (χ1v) is 5.10. The maximum absolute atomic E-state index is 11.8. The van der Waals surface area contributed by atoms with Gasteiger partial charge < -0.3 is 19.8 Å². The highest BCUT2D eigenvalue weighted by atomic mass is 16.4. The maximum atomic E-state index is 11.8. The Hall–Kier alpha value is -1.90. The lowest BCUT2D eigenvalue weighted by atomic mass is 10.2. The van der Waals surface area contributed by atoms with Crippen LogP contribution in [0.3, 0.4) is 0 Å². The van der Waals surface area contributed by atoms with E-state index < -0.39 is 6.09 Å². The molecule has 0 spiro atoms. The van der Waals surface area contributed by atoms with Gasteiger partial charge in [-0.25, -0.2) is 9.59 Å². The highest BCUT2D eigenvalue weighted by molar-refractivity contribution is 5.78. The topological polar surface area (TPSA) is 64.1 Å². The van der Waals surface area contributed by atoms with Crippen molar-refractivity contribution < 1.29 is 14.7 Å². The van der Waals surface area contributed by atoms with Gasteiger partial charge in [-0.15, -0.1) is 6.42 Å². The zero-order chi connectivity index (χ0) is 11.7. The van der Waals surface area contributed by atoms with E-state index in [4.69, 9.17) is 11.5 Å². The van der Waals surface area contributed by atoms with Gasteiger partial charge in [-0.2, -0.15) is 0 Å². The van der Waals surface area contributed by atoms with E-state index in [1.165, 1.54) is 4.90 Å². The fraction of sp³-hybridized carbons (Fsp3) is 0.600. The van der Waals surface area contributed by atoms with Crippen molar-refractivity contribution in [2.75, 3.05) is 32.7 Å². The van der Waals surface area contributed by atoms with Gasteiger partial charge in [0.15, 0.2) is 0 Å². The summed E-state index contributed by atoms with van der Waals surface area (Å²) in [7, 11) is 0. The molecule has 0 aromatic rings. The molecule has 6 nitrogen and oxygen atoms in total. The summed E-state index contributed by atoms with van der Waals surface area (Å²) in [6, 6.07) is -0.126. The van der Waals surface area contributed by atoms with Crippen LogP contribution in [-0.2, 0) is 0 Å². The number of carboxylic acid groups (broad SMARTS) is 1. The quantitative estimate of drug-likeness (QED) is 0.622. The number of hydrogen-bond acceptors (Lipinski definition) is 2. The molecule has 2 heterocycles. The molecule has 2 aliphatic rings. The fourth-order valence-electron chi connectivity index (χ4n) is 2.19. The lowest BCUT2D eigenvalue weighted by Gasteiger charge is -2.34. The molecule has 0 saturated carbocycles. The van der Waals surface area contributed by atoms with E-state index in [9.17, 15) is 9.59 Å². The van der Waals surface area contributed by atoms with Crippen LogP contribution in [0.4, 0.5) is 9.59 Å². The first kappa shape index (κ1) is 10.6. The summed E-state index contributed by atoms with van der Waals surface area (Å²) in [5.74, 6) is 2.43. The highest BCUT2D eigenvalue weighted by Gasteiger charge is 2.41. The van der Waals surface area contributed by atoms with Crippen molar-refractivity contribution in [1.29, 1.82) is 0 Å². The first-order valence-electron chi connectivity index (χ1n) is 5.10. The molecule has 3 amide bonds. The van der Waals surface area contributed by atoms with Crippen LogP contribution in [0.15, 0.2) is 0 Å². The second-order valence-corrected chi connectivity index (χ2v) is 3.94. The van der Waals surface area contributed by atoms with Crippen LogP contribution in [0.1, 0.15) is 0 Å². The molecule has 0 aliphatic carbocycles. The number of terminal acetylenes is 1. The van der Waals surface area contributed by atoms with Gasteiger partial charge in [0.1, 0.15) is 0 Å². The molecule has 1 atom stereocenters. The van der Waals surface area contributed by atoms with Gasteiger partial charge in [-0.1, -0.05) is 5.92 Å². The van der Waals surface area contributed by atoms with Crippen molar-refractivity contribution in [3.63, 3.8) is 0 Å². The van der Waals surface area contributed by atoms with Crippen molar-refractivity contribution in [1.82, 2.24) is 14.7 Å². The van der Waals surface area contributed by atoms with Crippen LogP contribution in [-0.4, -0.2) is 70.7 Å². The average molecular weight is 223 g/mol. The Labute approximate surface area is 93.4 Å². The Morgan fingerprint density at radius 2 is 2.25 bits per heavy atom. The van der Waals surface area contributed by atoms with Crippen LogP contribution < -0.4 is 0 Å². The Balaban J connectivity index is 2.04. The number of rotatable bonds is 1. The van der Waals surface area contributed by atoms with E-state index in [2.05, 4.69) is 5.92 Å². The minimum atomic E-state index is -0.928. The lowest BCUT2D eigenvalue weighted by Crippen LogP contribution is -2.53. The molecule has 0 unspecified atom stereocenters. The molecule has 16 heavy (non-hydrogen) atoms. The summed E-state index contributed by atoms with van der Waals surface area (Å²) in [4.78, 5) is 27.2. The second-order valence-electron chi connectivity index (χ2n) is 3.94. The predicted molar refractivity (Wildman–Crippen MR) is 55.9 cm³/mol. The molecule has 2 rings (SSSR count). The van der Waals surface area contributed by atoms with E-state index >= 15 is 0 Å². The fourth-order valence-corrected chi connectivity index (χ4v) is 2.19. The summed E-state index contributed by atoms with van der Waals surface area (Å²) in [5.41, 5.74) is 0. The van der Waals surface area contributed by atoms with Crippen molar-refractivity contribution in [3.8, 4) is 12.3 Å². The molecular formula is C10H13N3O3. The monoisotopic (exact) mass is 223 g/mol. The van der Waals surface area contributed by atoms with Crippen LogP contribution >= 0.6 is 0 Å². The summed E-state index contributed by atoms with van der Waals surface area (Å²) < 4.78 is 0. The Bertz CT molecular complexity index is 363.